The zero-order chi connectivity index (χ0) is 28.8. The topological polar surface area (TPSA) is 106 Å². The fourth-order valence-corrected chi connectivity index (χ4v) is 4.73. The highest BCUT2D eigenvalue weighted by molar-refractivity contribution is 6.00. The summed E-state index contributed by atoms with van der Waals surface area (Å²) in [5.41, 5.74) is 2.66. The smallest absolute Gasteiger partial charge is 0.228 e. The monoisotopic (exact) mass is 555 g/mol. The second kappa shape index (κ2) is 12.5. The second-order valence-electron chi connectivity index (χ2n) is 9.74. The molecule has 1 fully saturated rings. The molecule has 2 amide bonds. The van der Waals surface area contributed by atoms with E-state index in [-0.39, 0.29) is 11.8 Å². The third-order valence-electron chi connectivity index (χ3n) is 6.93. The van der Waals surface area contributed by atoms with Gasteiger partial charge in [0.1, 0.15) is 18.2 Å². The van der Waals surface area contributed by atoms with Gasteiger partial charge in [0.2, 0.25) is 17.8 Å². The first-order valence-electron chi connectivity index (χ1n) is 13.4. The molecule has 0 atom stereocenters. The number of nitrogens with one attached hydrogen (secondary N) is 1. The van der Waals surface area contributed by atoms with Gasteiger partial charge in [0, 0.05) is 44.6 Å². The molecule has 1 aromatic heterocycles. The highest BCUT2D eigenvalue weighted by Crippen LogP contribution is 2.35. The van der Waals surface area contributed by atoms with Crippen LogP contribution in [0.2, 0.25) is 0 Å². The van der Waals surface area contributed by atoms with Gasteiger partial charge in [-0.2, -0.15) is 4.98 Å². The van der Waals surface area contributed by atoms with Crippen molar-refractivity contribution in [1.29, 1.82) is 0 Å². The Labute approximate surface area is 238 Å². The highest BCUT2D eigenvalue weighted by Gasteiger charge is 2.24. The van der Waals surface area contributed by atoms with E-state index in [9.17, 15) is 9.59 Å². The third-order valence-corrected chi connectivity index (χ3v) is 6.93. The molecule has 0 spiro atoms. The van der Waals surface area contributed by atoms with Crippen LogP contribution in [0.15, 0.2) is 66.7 Å². The first-order valence-corrected chi connectivity index (χ1v) is 13.4. The fourth-order valence-electron chi connectivity index (χ4n) is 4.73. The van der Waals surface area contributed by atoms with E-state index in [1.165, 1.54) is 6.92 Å². The molecule has 1 aliphatic heterocycles. The summed E-state index contributed by atoms with van der Waals surface area (Å²) in [5.74, 6) is 2.52. The summed E-state index contributed by atoms with van der Waals surface area (Å²) in [4.78, 5) is 38.2. The number of hydrogen-bond acceptors (Lipinski definition) is 8. The lowest BCUT2D eigenvalue weighted by molar-refractivity contribution is -0.130. The molecule has 0 saturated carbocycles. The first kappa shape index (κ1) is 27.7. The van der Waals surface area contributed by atoms with Crippen LogP contribution < -0.4 is 24.4 Å². The number of fused-ring (bicyclic) bond motifs is 1. The molecule has 5 rings (SSSR count). The molecular weight excluding hydrogens is 522 g/mol. The first-order chi connectivity index (χ1) is 19.9. The van der Waals surface area contributed by atoms with Gasteiger partial charge in [0.15, 0.2) is 11.5 Å². The Balaban J connectivity index is 1.22. The number of anilines is 2. The van der Waals surface area contributed by atoms with E-state index in [0.29, 0.717) is 73.4 Å². The van der Waals surface area contributed by atoms with Crippen molar-refractivity contribution in [3.05, 3.63) is 77.9 Å². The summed E-state index contributed by atoms with van der Waals surface area (Å²) in [6.07, 6.45) is 0.319. The maximum absolute atomic E-state index is 13.1. The molecule has 1 aliphatic rings. The van der Waals surface area contributed by atoms with Crippen LogP contribution in [-0.2, 0) is 22.6 Å². The van der Waals surface area contributed by atoms with E-state index in [2.05, 4.69) is 10.3 Å². The van der Waals surface area contributed by atoms with E-state index in [1.54, 1.807) is 26.4 Å². The average Bonchev–Trinajstić information content (AvgIpc) is 3.00. The quantitative estimate of drug-likeness (QED) is 0.330. The standard InChI is InChI=1S/C31H33N5O5/c1-21(37)32-30-25-18-27(39-2)28(40-3)19-26(25)33-31(34-30)36-15-13-35(14-16-36)29(38)17-22-9-11-24(12-10-22)41-20-23-7-5-4-6-8-23/h4-12,18-19H,13-17,20H2,1-3H3,(H,32,33,34,37). The van der Waals surface area contributed by atoms with Gasteiger partial charge in [-0.25, -0.2) is 4.98 Å². The zero-order valence-electron chi connectivity index (χ0n) is 23.4. The van der Waals surface area contributed by atoms with Gasteiger partial charge < -0.3 is 29.3 Å². The number of carbonyl (C=O) groups is 2. The van der Waals surface area contributed by atoms with Gasteiger partial charge in [-0.3, -0.25) is 9.59 Å². The molecule has 4 aromatic rings. The van der Waals surface area contributed by atoms with Crippen LogP contribution in [0, 0.1) is 0 Å². The van der Waals surface area contributed by atoms with E-state index in [1.807, 2.05) is 64.4 Å². The third kappa shape index (κ3) is 6.66. The normalized spacial score (nSPS) is 13.1. The molecule has 0 radical (unpaired) electrons. The number of hydrogen-bond donors (Lipinski definition) is 1. The number of rotatable bonds is 9. The molecular formula is C31H33N5O5. The second-order valence-corrected chi connectivity index (χ2v) is 9.74. The Morgan fingerprint density at radius 3 is 2.20 bits per heavy atom. The summed E-state index contributed by atoms with van der Waals surface area (Å²) < 4.78 is 16.7. The van der Waals surface area contributed by atoms with Crippen molar-refractivity contribution in [2.45, 2.75) is 20.0 Å². The van der Waals surface area contributed by atoms with Crippen LogP contribution in [0.5, 0.6) is 17.2 Å². The van der Waals surface area contributed by atoms with Gasteiger partial charge in [0.25, 0.3) is 0 Å². The lowest BCUT2D eigenvalue weighted by Gasteiger charge is -2.35. The van der Waals surface area contributed by atoms with Gasteiger partial charge in [-0.15, -0.1) is 0 Å². The van der Waals surface area contributed by atoms with Crippen LogP contribution in [0.4, 0.5) is 11.8 Å². The zero-order valence-corrected chi connectivity index (χ0v) is 23.4. The van der Waals surface area contributed by atoms with Crippen LogP contribution in [0.1, 0.15) is 18.1 Å². The molecule has 10 heteroatoms. The number of amides is 2. The average molecular weight is 556 g/mol. The predicted molar refractivity (Wildman–Crippen MR) is 157 cm³/mol. The molecule has 10 nitrogen and oxygen atoms in total. The lowest BCUT2D eigenvalue weighted by Crippen LogP contribution is -2.49. The van der Waals surface area contributed by atoms with Crippen molar-refractivity contribution >= 4 is 34.5 Å². The Hall–Kier alpha value is -4.86. The Morgan fingerprint density at radius 2 is 1.54 bits per heavy atom. The largest absolute Gasteiger partial charge is 0.493 e. The van der Waals surface area contributed by atoms with Gasteiger partial charge in [-0.05, 0) is 29.3 Å². The van der Waals surface area contributed by atoms with Crippen molar-refractivity contribution < 1.29 is 23.8 Å². The number of benzene rings is 3. The predicted octanol–water partition coefficient (Wildman–Crippen LogP) is 4.08. The summed E-state index contributed by atoms with van der Waals surface area (Å²) in [7, 11) is 3.11. The van der Waals surface area contributed by atoms with E-state index in [4.69, 9.17) is 19.2 Å². The lowest BCUT2D eigenvalue weighted by atomic mass is 10.1. The van der Waals surface area contributed by atoms with Crippen molar-refractivity contribution in [3.63, 3.8) is 0 Å². The number of nitrogens with zero attached hydrogens (tertiary/aromatic N) is 4. The van der Waals surface area contributed by atoms with Gasteiger partial charge in [0.05, 0.1) is 26.2 Å². The minimum absolute atomic E-state index is 0.0674. The van der Waals surface area contributed by atoms with Crippen molar-refractivity contribution in [2.24, 2.45) is 0 Å². The molecule has 212 valence electrons. The van der Waals surface area contributed by atoms with E-state index < -0.39 is 0 Å². The number of piperazine rings is 1. The molecule has 0 bridgehead atoms. The number of aromatic nitrogens is 2. The molecule has 0 unspecified atom stereocenters. The molecule has 41 heavy (non-hydrogen) atoms. The number of methoxy groups -OCH3 is 2. The maximum atomic E-state index is 13.1. The van der Waals surface area contributed by atoms with Gasteiger partial charge >= 0.3 is 0 Å². The minimum Gasteiger partial charge on any atom is -0.493 e. The van der Waals surface area contributed by atoms with Crippen molar-refractivity contribution in [1.82, 2.24) is 14.9 Å². The van der Waals surface area contributed by atoms with Crippen molar-refractivity contribution in [3.8, 4) is 17.2 Å². The maximum Gasteiger partial charge on any atom is 0.228 e. The SMILES string of the molecule is COc1cc2nc(N3CCN(C(=O)Cc4ccc(OCc5ccccc5)cc4)CC3)nc(NC(C)=O)c2cc1OC. The van der Waals surface area contributed by atoms with Crippen LogP contribution in [-0.4, -0.2) is 67.1 Å². The molecule has 0 aliphatic carbocycles. The summed E-state index contributed by atoms with van der Waals surface area (Å²) >= 11 is 0. The number of ether oxygens (including phenoxy) is 3. The Kier molecular flexibility index (Phi) is 8.47. The van der Waals surface area contributed by atoms with Crippen LogP contribution in [0.25, 0.3) is 10.9 Å². The van der Waals surface area contributed by atoms with E-state index >= 15 is 0 Å². The van der Waals surface area contributed by atoms with Gasteiger partial charge in [-0.1, -0.05) is 42.5 Å². The molecule has 1 N–H and O–H groups in total. The summed E-state index contributed by atoms with van der Waals surface area (Å²) in [6.45, 7) is 4.15. The van der Waals surface area contributed by atoms with E-state index in [0.717, 1.165) is 16.9 Å². The van der Waals surface area contributed by atoms with Crippen LogP contribution in [0.3, 0.4) is 0 Å². The summed E-state index contributed by atoms with van der Waals surface area (Å²) in [6, 6.07) is 21.2. The minimum atomic E-state index is -0.239. The molecule has 1 saturated heterocycles. The fraction of sp³-hybridized carbons (Fsp3) is 0.290. The molecule has 2 heterocycles. The number of carbonyl (C=O) groups excluding carboxylic acids is 2. The Morgan fingerprint density at radius 1 is 0.854 bits per heavy atom. The van der Waals surface area contributed by atoms with Crippen molar-refractivity contribution in [2.75, 3.05) is 50.6 Å². The van der Waals surface area contributed by atoms with Crippen LogP contribution >= 0.6 is 0 Å². The Bertz CT molecular complexity index is 1520. The highest BCUT2D eigenvalue weighted by atomic mass is 16.5. The molecule has 3 aromatic carbocycles. The summed E-state index contributed by atoms with van der Waals surface area (Å²) in [5, 5.41) is 3.45.